The largest absolute Gasteiger partial charge is 0.395 e. The molecule has 0 bridgehead atoms. The topological polar surface area (TPSA) is 35.2 Å². The Labute approximate surface area is 69.9 Å². The maximum atomic E-state index is 12.0. The van der Waals surface area contributed by atoms with Crippen molar-refractivity contribution < 1.29 is 17.9 Å². The standard InChI is InChI=1S/C7H14F3NO/c1-2-3-12-5-6(4-11)7(8,9)10/h6H,2-5,11H2,1H3. The average molecular weight is 185 g/mol. The summed E-state index contributed by atoms with van der Waals surface area (Å²) >= 11 is 0. The smallest absolute Gasteiger partial charge is 0.381 e. The van der Waals surface area contributed by atoms with E-state index < -0.39 is 18.6 Å². The Kier molecular flexibility index (Phi) is 5.24. The molecule has 0 aromatic carbocycles. The van der Waals surface area contributed by atoms with Crippen molar-refractivity contribution in [2.75, 3.05) is 19.8 Å². The highest BCUT2D eigenvalue weighted by atomic mass is 19.4. The maximum Gasteiger partial charge on any atom is 0.395 e. The third kappa shape index (κ3) is 4.56. The van der Waals surface area contributed by atoms with E-state index in [-0.39, 0.29) is 6.61 Å². The minimum atomic E-state index is -4.23. The number of nitrogens with two attached hydrogens (primary N) is 1. The predicted octanol–water partition coefficient (Wildman–Crippen LogP) is 1.55. The van der Waals surface area contributed by atoms with Crippen LogP contribution in [0.15, 0.2) is 0 Å². The Morgan fingerprint density at radius 2 is 2.00 bits per heavy atom. The van der Waals surface area contributed by atoms with Gasteiger partial charge >= 0.3 is 6.18 Å². The van der Waals surface area contributed by atoms with Crippen molar-refractivity contribution in [1.82, 2.24) is 0 Å². The molecule has 0 spiro atoms. The Morgan fingerprint density at radius 1 is 1.42 bits per heavy atom. The Morgan fingerprint density at radius 3 is 2.33 bits per heavy atom. The number of rotatable bonds is 5. The molecule has 0 saturated carbocycles. The first-order chi connectivity index (χ1) is 5.52. The van der Waals surface area contributed by atoms with E-state index >= 15 is 0 Å². The molecule has 5 heteroatoms. The van der Waals surface area contributed by atoms with E-state index in [4.69, 9.17) is 10.5 Å². The maximum absolute atomic E-state index is 12.0. The van der Waals surface area contributed by atoms with E-state index in [2.05, 4.69) is 0 Å². The van der Waals surface area contributed by atoms with E-state index in [1.54, 1.807) is 0 Å². The summed E-state index contributed by atoms with van der Waals surface area (Å²) in [5, 5.41) is 0. The number of halogens is 3. The van der Waals surface area contributed by atoms with Gasteiger partial charge in [0.1, 0.15) is 0 Å². The zero-order valence-corrected chi connectivity index (χ0v) is 7.03. The molecular weight excluding hydrogens is 171 g/mol. The first-order valence-corrected chi connectivity index (χ1v) is 3.86. The van der Waals surface area contributed by atoms with Crippen LogP contribution in [0.1, 0.15) is 13.3 Å². The van der Waals surface area contributed by atoms with E-state index in [0.29, 0.717) is 6.61 Å². The van der Waals surface area contributed by atoms with Crippen molar-refractivity contribution in [1.29, 1.82) is 0 Å². The summed E-state index contributed by atoms with van der Waals surface area (Å²) in [7, 11) is 0. The van der Waals surface area contributed by atoms with Crippen LogP contribution in [-0.4, -0.2) is 25.9 Å². The second kappa shape index (κ2) is 5.37. The van der Waals surface area contributed by atoms with Gasteiger partial charge in [-0.15, -0.1) is 0 Å². The summed E-state index contributed by atoms with van der Waals surface area (Å²) in [6.45, 7) is 1.46. The lowest BCUT2D eigenvalue weighted by Crippen LogP contribution is -2.34. The number of hydrogen-bond donors (Lipinski definition) is 1. The van der Waals surface area contributed by atoms with Crippen LogP contribution in [0.4, 0.5) is 13.2 Å². The van der Waals surface area contributed by atoms with Crippen LogP contribution in [0.2, 0.25) is 0 Å². The zero-order chi connectivity index (χ0) is 9.61. The number of ether oxygens (including phenoxy) is 1. The molecule has 0 fully saturated rings. The van der Waals surface area contributed by atoms with Crippen molar-refractivity contribution in [3.63, 3.8) is 0 Å². The fourth-order valence-corrected chi connectivity index (χ4v) is 0.666. The summed E-state index contributed by atoms with van der Waals surface area (Å²) in [6.07, 6.45) is -3.52. The van der Waals surface area contributed by atoms with E-state index in [9.17, 15) is 13.2 Å². The van der Waals surface area contributed by atoms with Gasteiger partial charge in [-0.1, -0.05) is 6.92 Å². The molecule has 12 heavy (non-hydrogen) atoms. The normalized spacial score (nSPS) is 14.8. The molecule has 2 N–H and O–H groups in total. The summed E-state index contributed by atoms with van der Waals surface area (Å²) < 4.78 is 40.7. The van der Waals surface area contributed by atoms with Crippen molar-refractivity contribution in [2.24, 2.45) is 11.7 Å². The summed E-state index contributed by atoms with van der Waals surface area (Å²) in [6, 6.07) is 0. The molecule has 0 amide bonds. The predicted molar refractivity (Wildman–Crippen MR) is 39.7 cm³/mol. The molecule has 0 rings (SSSR count). The van der Waals surface area contributed by atoms with Crippen molar-refractivity contribution >= 4 is 0 Å². The summed E-state index contributed by atoms with van der Waals surface area (Å²) in [5.74, 6) is -1.52. The highest BCUT2D eigenvalue weighted by Gasteiger charge is 2.38. The quantitative estimate of drug-likeness (QED) is 0.659. The molecule has 0 aromatic heterocycles. The van der Waals surface area contributed by atoms with Gasteiger partial charge in [-0.2, -0.15) is 13.2 Å². The van der Waals surface area contributed by atoms with Gasteiger partial charge in [-0.3, -0.25) is 0 Å². The van der Waals surface area contributed by atoms with Gasteiger partial charge in [-0.05, 0) is 6.42 Å². The van der Waals surface area contributed by atoms with Crippen LogP contribution in [0.25, 0.3) is 0 Å². The van der Waals surface area contributed by atoms with Gasteiger partial charge in [0, 0.05) is 13.2 Å². The van der Waals surface area contributed by atoms with Crippen molar-refractivity contribution in [2.45, 2.75) is 19.5 Å². The number of hydrogen-bond acceptors (Lipinski definition) is 2. The monoisotopic (exact) mass is 185 g/mol. The second-order valence-corrected chi connectivity index (χ2v) is 2.55. The number of alkyl halides is 3. The average Bonchev–Trinajstić information content (AvgIpc) is 1.95. The molecule has 0 aromatic rings. The first-order valence-electron chi connectivity index (χ1n) is 3.86. The van der Waals surface area contributed by atoms with Gasteiger partial charge in [0.05, 0.1) is 12.5 Å². The van der Waals surface area contributed by atoms with Gasteiger partial charge in [-0.25, -0.2) is 0 Å². The lowest BCUT2D eigenvalue weighted by Gasteiger charge is -2.17. The minimum Gasteiger partial charge on any atom is -0.381 e. The third-order valence-electron chi connectivity index (χ3n) is 1.41. The van der Waals surface area contributed by atoms with Crippen molar-refractivity contribution in [3.05, 3.63) is 0 Å². The molecule has 0 aliphatic carbocycles. The Balaban J connectivity index is 3.68. The van der Waals surface area contributed by atoms with Gasteiger partial charge < -0.3 is 10.5 Å². The summed E-state index contributed by atoms with van der Waals surface area (Å²) in [4.78, 5) is 0. The van der Waals surface area contributed by atoms with Crippen LogP contribution in [0.3, 0.4) is 0 Å². The first kappa shape index (κ1) is 11.7. The van der Waals surface area contributed by atoms with Gasteiger partial charge in [0.15, 0.2) is 0 Å². The molecule has 74 valence electrons. The molecule has 1 unspecified atom stereocenters. The molecule has 2 nitrogen and oxygen atoms in total. The van der Waals surface area contributed by atoms with Gasteiger partial charge in [0.2, 0.25) is 0 Å². The van der Waals surface area contributed by atoms with Crippen LogP contribution in [0, 0.1) is 5.92 Å². The minimum absolute atomic E-state index is 0.326. The summed E-state index contributed by atoms with van der Waals surface area (Å²) in [5.41, 5.74) is 4.94. The molecule has 0 heterocycles. The van der Waals surface area contributed by atoms with E-state index in [1.165, 1.54) is 0 Å². The highest BCUT2D eigenvalue weighted by molar-refractivity contribution is 4.67. The molecule has 0 aliphatic rings. The lowest BCUT2D eigenvalue weighted by atomic mass is 10.1. The third-order valence-corrected chi connectivity index (χ3v) is 1.41. The van der Waals surface area contributed by atoms with Crippen LogP contribution < -0.4 is 5.73 Å². The molecule has 1 atom stereocenters. The fourth-order valence-electron chi connectivity index (χ4n) is 0.666. The van der Waals surface area contributed by atoms with Crippen molar-refractivity contribution in [3.8, 4) is 0 Å². The second-order valence-electron chi connectivity index (χ2n) is 2.55. The Bertz CT molecular complexity index is 116. The Hall–Kier alpha value is -0.290. The molecule has 0 radical (unpaired) electrons. The lowest BCUT2D eigenvalue weighted by molar-refractivity contribution is -0.185. The van der Waals surface area contributed by atoms with Crippen LogP contribution >= 0.6 is 0 Å². The SMILES string of the molecule is CCCOCC(CN)C(F)(F)F. The van der Waals surface area contributed by atoms with Crippen LogP contribution in [0.5, 0.6) is 0 Å². The van der Waals surface area contributed by atoms with E-state index in [0.717, 1.165) is 6.42 Å². The highest BCUT2D eigenvalue weighted by Crippen LogP contribution is 2.25. The zero-order valence-electron chi connectivity index (χ0n) is 7.03. The van der Waals surface area contributed by atoms with Crippen LogP contribution in [-0.2, 0) is 4.74 Å². The molecular formula is C7H14F3NO. The molecule has 0 saturated heterocycles. The molecule has 0 aliphatic heterocycles. The van der Waals surface area contributed by atoms with E-state index in [1.807, 2.05) is 6.92 Å². The van der Waals surface area contributed by atoms with Gasteiger partial charge in [0.25, 0.3) is 0 Å². The fraction of sp³-hybridized carbons (Fsp3) is 1.00.